The molecule has 66 valence electrons. The molecule has 4 heteroatoms. The predicted octanol–water partition coefficient (Wildman–Crippen LogP) is 1.22. The Morgan fingerprint density at radius 1 is 1.23 bits per heavy atom. The zero-order valence-corrected chi connectivity index (χ0v) is 7.27. The summed E-state index contributed by atoms with van der Waals surface area (Å²) in [5.74, 6) is 0.875. The van der Waals surface area contributed by atoms with Crippen molar-refractivity contribution < 1.29 is 0 Å². The van der Waals surface area contributed by atoms with Gasteiger partial charge in [-0.05, 0) is 47.6 Å². The number of nitrogens with zero attached hydrogens (tertiary/aromatic N) is 4. The standard InChI is InChI=1S/C9H10N4/c1-2-7-3-6(1)4-8(7)9-5-10-12-13-11-9/h5-6H,1-4H2. The van der Waals surface area contributed by atoms with Crippen LogP contribution in [0, 0.1) is 5.92 Å². The quantitative estimate of drug-likeness (QED) is 0.642. The first-order valence-electron chi connectivity index (χ1n) is 4.66. The van der Waals surface area contributed by atoms with Crippen molar-refractivity contribution in [2.75, 3.05) is 0 Å². The summed E-state index contributed by atoms with van der Waals surface area (Å²) in [4.78, 5) is 0. The minimum atomic E-state index is 0.875. The van der Waals surface area contributed by atoms with Gasteiger partial charge in [0.25, 0.3) is 0 Å². The maximum Gasteiger partial charge on any atom is 0.111 e. The minimum Gasteiger partial charge on any atom is -0.135 e. The molecule has 0 N–H and O–H groups in total. The zero-order valence-electron chi connectivity index (χ0n) is 7.27. The maximum absolute atomic E-state index is 4.00. The molecule has 0 spiro atoms. The van der Waals surface area contributed by atoms with Crippen LogP contribution in [0.4, 0.5) is 0 Å². The first-order valence-corrected chi connectivity index (χ1v) is 4.66. The van der Waals surface area contributed by atoms with Gasteiger partial charge in [0, 0.05) is 0 Å². The molecule has 3 rings (SSSR count). The minimum absolute atomic E-state index is 0.875. The van der Waals surface area contributed by atoms with Crippen LogP contribution in [0.15, 0.2) is 11.8 Å². The Balaban J connectivity index is 2.03. The third kappa shape index (κ3) is 1.05. The van der Waals surface area contributed by atoms with E-state index in [1.807, 2.05) is 0 Å². The molecule has 1 unspecified atom stereocenters. The first-order chi connectivity index (χ1) is 6.43. The summed E-state index contributed by atoms with van der Waals surface area (Å²) < 4.78 is 0. The highest BCUT2D eigenvalue weighted by Crippen LogP contribution is 2.47. The van der Waals surface area contributed by atoms with Gasteiger partial charge in [0.2, 0.25) is 0 Å². The van der Waals surface area contributed by atoms with Crippen molar-refractivity contribution in [2.24, 2.45) is 5.92 Å². The largest absolute Gasteiger partial charge is 0.135 e. The molecule has 0 aliphatic heterocycles. The topological polar surface area (TPSA) is 51.6 Å². The molecule has 1 atom stereocenters. The van der Waals surface area contributed by atoms with Gasteiger partial charge >= 0.3 is 0 Å². The maximum atomic E-state index is 4.00. The van der Waals surface area contributed by atoms with Crippen molar-refractivity contribution in [3.63, 3.8) is 0 Å². The van der Waals surface area contributed by atoms with Gasteiger partial charge in [0.05, 0.1) is 6.20 Å². The summed E-state index contributed by atoms with van der Waals surface area (Å²) in [5.41, 5.74) is 3.90. The fourth-order valence-electron chi connectivity index (χ4n) is 2.43. The van der Waals surface area contributed by atoms with Gasteiger partial charge in [0.1, 0.15) is 5.69 Å². The van der Waals surface area contributed by atoms with E-state index in [1.54, 1.807) is 11.8 Å². The Labute approximate surface area is 76.1 Å². The molecule has 1 aromatic heterocycles. The highest BCUT2D eigenvalue weighted by Gasteiger charge is 2.31. The summed E-state index contributed by atoms with van der Waals surface area (Å²) in [6.45, 7) is 0. The van der Waals surface area contributed by atoms with Crippen LogP contribution < -0.4 is 0 Å². The molecule has 4 nitrogen and oxygen atoms in total. The van der Waals surface area contributed by atoms with Crippen LogP contribution in [0.25, 0.3) is 5.57 Å². The molecular formula is C9H10N4. The molecule has 0 amide bonds. The third-order valence-electron chi connectivity index (χ3n) is 3.04. The van der Waals surface area contributed by atoms with Crippen molar-refractivity contribution in [1.29, 1.82) is 0 Å². The average Bonchev–Trinajstić information content (AvgIpc) is 2.80. The second-order valence-electron chi connectivity index (χ2n) is 3.80. The molecule has 2 aliphatic carbocycles. The fraction of sp³-hybridized carbons (Fsp3) is 0.556. The molecule has 1 aromatic rings. The van der Waals surface area contributed by atoms with Crippen molar-refractivity contribution in [2.45, 2.75) is 25.7 Å². The highest BCUT2D eigenvalue weighted by atomic mass is 15.4. The normalized spacial score (nSPS) is 25.7. The summed E-state index contributed by atoms with van der Waals surface area (Å²) in [6.07, 6.45) is 6.79. The second kappa shape index (κ2) is 2.58. The van der Waals surface area contributed by atoms with E-state index in [2.05, 4.69) is 20.6 Å². The van der Waals surface area contributed by atoms with Crippen molar-refractivity contribution in [3.8, 4) is 0 Å². The molecule has 2 bridgehead atoms. The van der Waals surface area contributed by atoms with Gasteiger partial charge in [-0.2, -0.15) is 0 Å². The van der Waals surface area contributed by atoms with Crippen LogP contribution in [0.3, 0.4) is 0 Å². The lowest BCUT2D eigenvalue weighted by atomic mass is 9.97. The molecule has 2 aliphatic rings. The van der Waals surface area contributed by atoms with E-state index >= 15 is 0 Å². The number of fused-ring (bicyclic) bond motifs is 2. The van der Waals surface area contributed by atoms with Crippen molar-refractivity contribution >= 4 is 5.57 Å². The van der Waals surface area contributed by atoms with Gasteiger partial charge in [0.15, 0.2) is 0 Å². The van der Waals surface area contributed by atoms with E-state index in [4.69, 9.17) is 0 Å². The van der Waals surface area contributed by atoms with Crippen LogP contribution in [-0.4, -0.2) is 20.6 Å². The fourth-order valence-corrected chi connectivity index (χ4v) is 2.43. The lowest BCUT2D eigenvalue weighted by Crippen LogP contribution is -2.00. The molecule has 0 radical (unpaired) electrons. The Morgan fingerprint density at radius 2 is 2.23 bits per heavy atom. The smallest absolute Gasteiger partial charge is 0.111 e. The first kappa shape index (κ1) is 7.12. The van der Waals surface area contributed by atoms with E-state index in [0.29, 0.717) is 0 Å². The van der Waals surface area contributed by atoms with Gasteiger partial charge in [-0.15, -0.1) is 10.2 Å². The number of hydrogen-bond acceptors (Lipinski definition) is 4. The Hall–Kier alpha value is -1.32. The van der Waals surface area contributed by atoms with E-state index < -0.39 is 0 Å². The zero-order chi connectivity index (χ0) is 8.67. The molecular weight excluding hydrogens is 164 g/mol. The summed E-state index contributed by atoms with van der Waals surface area (Å²) >= 11 is 0. The number of aromatic nitrogens is 4. The van der Waals surface area contributed by atoms with Gasteiger partial charge in [-0.3, -0.25) is 0 Å². The molecule has 1 heterocycles. The van der Waals surface area contributed by atoms with Crippen molar-refractivity contribution in [1.82, 2.24) is 20.6 Å². The predicted molar refractivity (Wildman–Crippen MR) is 46.5 cm³/mol. The monoisotopic (exact) mass is 174 g/mol. The molecule has 0 aromatic carbocycles. The summed E-state index contributed by atoms with van der Waals surface area (Å²) in [7, 11) is 0. The van der Waals surface area contributed by atoms with E-state index in [0.717, 1.165) is 11.6 Å². The molecule has 1 fully saturated rings. The molecule has 0 saturated heterocycles. The van der Waals surface area contributed by atoms with Crippen LogP contribution in [-0.2, 0) is 0 Å². The van der Waals surface area contributed by atoms with Gasteiger partial charge < -0.3 is 0 Å². The van der Waals surface area contributed by atoms with Crippen molar-refractivity contribution in [3.05, 3.63) is 17.5 Å². The molecule has 1 saturated carbocycles. The third-order valence-corrected chi connectivity index (χ3v) is 3.04. The van der Waals surface area contributed by atoms with Crippen LogP contribution in [0.1, 0.15) is 31.4 Å². The lowest BCUT2D eigenvalue weighted by molar-refractivity contribution is 0.580. The second-order valence-corrected chi connectivity index (χ2v) is 3.80. The van der Waals surface area contributed by atoms with Crippen LogP contribution in [0.5, 0.6) is 0 Å². The lowest BCUT2D eigenvalue weighted by Gasteiger charge is -2.09. The van der Waals surface area contributed by atoms with E-state index in [-0.39, 0.29) is 0 Å². The Morgan fingerprint density at radius 3 is 2.85 bits per heavy atom. The Kier molecular flexibility index (Phi) is 1.41. The van der Waals surface area contributed by atoms with Crippen LogP contribution >= 0.6 is 0 Å². The van der Waals surface area contributed by atoms with Crippen LogP contribution in [0.2, 0.25) is 0 Å². The Bertz CT molecular complexity index is 357. The van der Waals surface area contributed by atoms with E-state index in [1.165, 1.54) is 31.3 Å². The highest BCUT2D eigenvalue weighted by molar-refractivity contribution is 5.68. The van der Waals surface area contributed by atoms with Gasteiger partial charge in [-0.1, -0.05) is 5.57 Å². The van der Waals surface area contributed by atoms with E-state index in [9.17, 15) is 0 Å². The SMILES string of the molecule is c1nnnnc1C1=C2CCC(C2)C1. The number of hydrogen-bond donors (Lipinski definition) is 0. The average molecular weight is 174 g/mol. The number of allylic oxidation sites excluding steroid dienone is 2. The number of rotatable bonds is 1. The van der Waals surface area contributed by atoms with Gasteiger partial charge in [-0.25, -0.2) is 0 Å². The summed E-state index contributed by atoms with van der Waals surface area (Å²) in [5, 5.41) is 14.8. The molecule has 13 heavy (non-hydrogen) atoms. The summed E-state index contributed by atoms with van der Waals surface area (Å²) in [6, 6.07) is 0.